The highest BCUT2D eigenvalue weighted by Gasteiger charge is 2.18. The van der Waals surface area contributed by atoms with E-state index in [1.165, 1.54) is 12.8 Å². The molecule has 1 saturated carbocycles. The summed E-state index contributed by atoms with van der Waals surface area (Å²) in [5.41, 5.74) is 1.01. The molecule has 1 aliphatic rings. The van der Waals surface area contributed by atoms with Gasteiger partial charge >= 0.3 is 0 Å². The van der Waals surface area contributed by atoms with Crippen molar-refractivity contribution in [3.63, 3.8) is 0 Å². The predicted octanol–water partition coefficient (Wildman–Crippen LogP) is 2.81. The molecule has 0 saturated heterocycles. The molecule has 0 unspecified atom stereocenters. The lowest BCUT2D eigenvalue weighted by Crippen LogP contribution is -1.80. The van der Waals surface area contributed by atoms with Crippen LogP contribution in [0.5, 0.6) is 5.75 Å². The maximum atomic E-state index is 5.06. The van der Waals surface area contributed by atoms with Crippen LogP contribution >= 0.6 is 0 Å². The molecule has 2 rings (SSSR count). The van der Waals surface area contributed by atoms with Crippen molar-refractivity contribution in [2.45, 2.75) is 12.8 Å². The summed E-state index contributed by atoms with van der Waals surface area (Å²) in [4.78, 5) is 4.36. The normalized spacial score (nSPS) is 16.4. The van der Waals surface area contributed by atoms with Crippen molar-refractivity contribution in [1.29, 1.82) is 0 Å². The molecule has 13 heavy (non-hydrogen) atoms. The fourth-order valence-electron chi connectivity index (χ4n) is 1.11. The number of benzene rings is 1. The number of nitrogens with zero attached hydrogens (tertiary/aromatic N) is 1. The molecule has 0 spiro atoms. The standard InChI is InChI=1S/C11H13NO/c1-13-11-6-4-10(5-7-11)12-8-9-2-3-9/h4-9H,2-3H2,1H3. The fraction of sp³-hybridized carbons (Fsp3) is 0.364. The van der Waals surface area contributed by atoms with Gasteiger partial charge in [0.15, 0.2) is 0 Å². The van der Waals surface area contributed by atoms with E-state index < -0.39 is 0 Å². The minimum absolute atomic E-state index is 0.738. The van der Waals surface area contributed by atoms with Crippen LogP contribution in [-0.4, -0.2) is 13.3 Å². The number of hydrogen-bond donors (Lipinski definition) is 0. The summed E-state index contributed by atoms with van der Waals surface area (Å²) in [6.45, 7) is 0. The van der Waals surface area contributed by atoms with E-state index >= 15 is 0 Å². The zero-order valence-electron chi connectivity index (χ0n) is 7.73. The fourth-order valence-corrected chi connectivity index (χ4v) is 1.11. The van der Waals surface area contributed by atoms with Crippen molar-refractivity contribution in [3.8, 4) is 5.75 Å². The molecule has 2 nitrogen and oxygen atoms in total. The highest BCUT2D eigenvalue weighted by atomic mass is 16.5. The summed E-state index contributed by atoms with van der Waals surface area (Å²) in [7, 11) is 1.67. The Kier molecular flexibility index (Phi) is 2.30. The first-order chi connectivity index (χ1) is 6.38. The largest absolute Gasteiger partial charge is 0.497 e. The van der Waals surface area contributed by atoms with Gasteiger partial charge in [0.1, 0.15) is 5.75 Å². The summed E-state index contributed by atoms with van der Waals surface area (Å²) in [6.07, 6.45) is 4.65. The first kappa shape index (κ1) is 8.30. The summed E-state index contributed by atoms with van der Waals surface area (Å²) in [5, 5.41) is 0. The van der Waals surface area contributed by atoms with Crippen molar-refractivity contribution < 1.29 is 4.74 Å². The highest BCUT2D eigenvalue weighted by Crippen LogP contribution is 2.27. The van der Waals surface area contributed by atoms with E-state index in [1.807, 2.05) is 30.5 Å². The summed E-state index contributed by atoms with van der Waals surface area (Å²) in [5.74, 6) is 1.62. The smallest absolute Gasteiger partial charge is 0.119 e. The number of aliphatic imine (C=N–C) groups is 1. The highest BCUT2D eigenvalue weighted by molar-refractivity contribution is 5.68. The van der Waals surface area contributed by atoms with Gasteiger partial charge < -0.3 is 4.74 Å². The van der Waals surface area contributed by atoms with E-state index in [0.717, 1.165) is 17.4 Å². The van der Waals surface area contributed by atoms with Crippen LogP contribution < -0.4 is 4.74 Å². The van der Waals surface area contributed by atoms with Gasteiger partial charge in [0.05, 0.1) is 12.8 Å². The average Bonchev–Trinajstić information content (AvgIpc) is 2.99. The minimum Gasteiger partial charge on any atom is -0.497 e. The first-order valence-corrected chi connectivity index (χ1v) is 4.57. The van der Waals surface area contributed by atoms with Crippen molar-refractivity contribution in [2.24, 2.45) is 10.9 Å². The number of methoxy groups -OCH3 is 1. The van der Waals surface area contributed by atoms with Crippen molar-refractivity contribution >= 4 is 11.9 Å². The van der Waals surface area contributed by atoms with Crippen LogP contribution in [0.4, 0.5) is 5.69 Å². The van der Waals surface area contributed by atoms with Crippen molar-refractivity contribution in [2.75, 3.05) is 7.11 Å². The van der Waals surface area contributed by atoms with E-state index in [4.69, 9.17) is 4.74 Å². The quantitative estimate of drug-likeness (QED) is 0.647. The summed E-state index contributed by atoms with van der Waals surface area (Å²) in [6, 6.07) is 7.80. The Morgan fingerprint density at radius 2 is 2.00 bits per heavy atom. The molecule has 68 valence electrons. The zero-order chi connectivity index (χ0) is 9.10. The third-order valence-electron chi connectivity index (χ3n) is 2.13. The molecule has 1 aromatic carbocycles. The SMILES string of the molecule is COc1ccc(N=CC2CC2)cc1. The first-order valence-electron chi connectivity index (χ1n) is 4.57. The minimum atomic E-state index is 0.738. The van der Waals surface area contributed by atoms with Crippen molar-refractivity contribution in [1.82, 2.24) is 0 Å². The average molecular weight is 175 g/mol. The van der Waals surface area contributed by atoms with Gasteiger partial charge in [-0.25, -0.2) is 0 Å². The molecule has 1 aliphatic carbocycles. The molecule has 0 bridgehead atoms. The van der Waals surface area contributed by atoms with Crippen LogP contribution in [0.1, 0.15) is 12.8 Å². The number of ether oxygens (including phenoxy) is 1. The Morgan fingerprint density at radius 3 is 2.54 bits per heavy atom. The van der Waals surface area contributed by atoms with Gasteiger partial charge in [-0.3, -0.25) is 4.99 Å². The Morgan fingerprint density at radius 1 is 1.31 bits per heavy atom. The van der Waals surface area contributed by atoms with Crippen LogP contribution in [0.15, 0.2) is 29.3 Å². The molecule has 0 radical (unpaired) electrons. The molecule has 0 N–H and O–H groups in total. The van der Waals surface area contributed by atoms with E-state index in [0.29, 0.717) is 0 Å². The molecule has 0 aromatic heterocycles. The molecule has 1 aromatic rings. The number of rotatable bonds is 3. The van der Waals surface area contributed by atoms with Crippen molar-refractivity contribution in [3.05, 3.63) is 24.3 Å². The second-order valence-corrected chi connectivity index (χ2v) is 3.31. The van der Waals surface area contributed by atoms with E-state index in [9.17, 15) is 0 Å². The molecular formula is C11H13NO. The maximum absolute atomic E-state index is 5.06. The van der Waals surface area contributed by atoms with E-state index in [1.54, 1.807) is 7.11 Å². The second kappa shape index (κ2) is 3.60. The molecule has 2 heteroatoms. The lowest BCUT2D eigenvalue weighted by Gasteiger charge is -1.98. The molecule has 1 fully saturated rings. The Labute approximate surface area is 78.3 Å². The van der Waals surface area contributed by atoms with Crippen LogP contribution in [0.3, 0.4) is 0 Å². The molecule has 0 aliphatic heterocycles. The van der Waals surface area contributed by atoms with E-state index in [-0.39, 0.29) is 0 Å². The molecule has 0 amide bonds. The Bertz CT molecular complexity index is 298. The van der Waals surface area contributed by atoms with Gasteiger partial charge in [-0.05, 0) is 43.0 Å². The summed E-state index contributed by atoms with van der Waals surface area (Å²) >= 11 is 0. The lowest BCUT2D eigenvalue weighted by atomic mass is 10.3. The van der Waals surface area contributed by atoms with E-state index in [2.05, 4.69) is 4.99 Å². The van der Waals surface area contributed by atoms with Crippen LogP contribution in [0.25, 0.3) is 0 Å². The third kappa shape index (κ3) is 2.31. The number of hydrogen-bond acceptors (Lipinski definition) is 2. The topological polar surface area (TPSA) is 21.6 Å². The summed E-state index contributed by atoms with van der Waals surface area (Å²) < 4.78 is 5.06. The van der Waals surface area contributed by atoms with Gasteiger partial charge in [-0.1, -0.05) is 0 Å². The molecule has 0 atom stereocenters. The Hall–Kier alpha value is -1.31. The van der Waals surface area contributed by atoms with Gasteiger partial charge in [-0.2, -0.15) is 0 Å². The molecule has 0 heterocycles. The lowest BCUT2D eigenvalue weighted by molar-refractivity contribution is 0.415. The Balaban J connectivity index is 2.03. The monoisotopic (exact) mass is 175 g/mol. The molecular weight excluding hydrogens is 162 g/mol. The van der Waals surface area contributed by atoms with Crippen LogP contribution in [-0.2, 0) is 0 Å². The zero-order valence-corrected chi connectivity index (χ0v) is 7.73. The van der Waals surface area contributed by atoms with Gasteiger partial charge in [-0.15, -0.1) is 0 Å². The predicted molar refractivity (Wildman–Crippen MR) is 53.9 cm³/mol. The second-order valence-electron chi connectivity index (χ2n) is 3.31. The van der Waals surface area contributed by atoms with Crippen LogP contribution in [0, 0.1) is 5.92 Å². The van der Waals surface area contributed by atoms with Crippen LogP contribution in [0.2, 0.25) is 0 Å². The van der Waals surface area contributed by atoms with Gasteiger partial charge in [0.25, 0.3) is 0 Å². The van der Waals surface area contributed by atoms with Gasteiger partial charge in [0, 0.05) is 6.21 Å². The maximum Gasteiger partial charge on any atom is 0.119 e. The van der Waals surface area contributed by atoms with Gasteiger partial charge in [0.2, 0.25) is 0 Å². The third-order valence-corrected chi connectivity index (χ3v) is 2.13.